The van der Waals surface area contributed by atoms with Crippen LogP contribution in [-0.4, -0.2) is 37.2 Å². The van der Waals surface area contributed by atoms with E-state index in [0.29, 0.717) is 13.2 Å². The zero-order valence-corrected chi connectivity index (χ0v) is 24.2. The molecule has 1 aliphatic rings. The van der Waals surface area contributed by atoms with E-state index in [1.54, 1.807) is 12.1 Å². The molecule has 0 aliphatic carbocycles. The van der Waals surface area contributed by atoms with Gasteiger partial charge in [-0.3, -0.25) is 0 Å². The van der Waals surface area contributed by atoms with E-state index in [1.807, 2.05) is 24.3 Å². The van der Waals surface area contributed by atoms with Crippen molar-refractivity contribution in [3.63, 3.8) is 0 Å². The average Bonchev–Trinajstić information content (AvgIpc) is 3.22. The van der Waals surface area contributed by atoms with Crippen LogP contribution in [-0.2, 0) is 5.54 Å². The first-order valence-electron chi connectivity index (χ1n) is 13.2. The molecule has 1 heterocycles. The second-order valence-electron chi connectivity index (χ2n) is 9.98. The summed E-state index contributed by atoms with van der Waals surface area (Å²) in [5.41, 5.74) is 7.13. The molecule has 4 aromatic rings. The predicted octanol–water partition coefficient (Wildman–Crippen LogP) is 6.84. The molecule has 0 spiro atoms. The molecule has 0 N–H and O–H groups in total. The molecule has 0 fully saturated rings. The Hall–Kier alpha value is -3.70. The number of ether oxygens (including phenoxy) is 1. The molecular weight excluding hydrogens is 551 g/mol. The second-order valence-corrected chi connectivity index (χ2v) is 12.1. The molecule has 6 heteroatoms. The number of fused-ring (bicyclic) bond motifs is 1. The summed E-state index contributed by atoms with van der Waals surface area (Å²) in [6, 6.07) is 34.9. The zero-order chi connectivity index (χ0) is 27.4. The molecule has 0 radical (unpaired) electrons. The van der Waals surface area contributed by atoms with Crippen LogP contribution < -0.4 is 9.20 Å². The number of hydrogen-bond donors (Lipinski definition) is 0. The van der Waals surface area contributed by atoms with Crippen LogP contribution in [0.2, 0.25) is 0 Å². The van der Waals surface area contributed by atoms with E-state index in [2.05, 4.69) is 91.4 Å². The van der Waals surface area contributed by atoms with Crippen molar-refractivity contribution in [2.45, 2.75) is 32.7 Å². The summed E-state index contributed by atoms with van der Waals surface area (Å²) in [7, 11) is 0. The fourth-order valence-corrected chi connectivity index (χ4v) is 8.04. The fourth-order valence-electron chi connectivity index (χ4n) is 5.18. The van der Waals surface area contributed by atoms with Crippen LogP contribution in [0.25, 0.3) is 11.1 Å². The molecule has 0 amide bonds. The van der Waals surface area contributed by atoms with E-state index in [9.17, 15) is 10.1 Å². The smallest absolute Gasteiger partial charge is 0.0622 e. The van der Waals surface area contributed by atoms with Crippen molar-refractivity contribution in [3.8, 4) is 5.75 Å². The van der Waals surface area contributed by atoms with Crippen LogP contribution >= 0.6 is 0 Å². The maximum atomic E-state index is 11.6. The summed E-state index contributed by atoms with van der Waals surface area (Å²) in [6.07, 6.45) is 0.917. The average molecular weight is 584 g/mol. The molecule has 198 valence electrons. The quantitative estimate of drug-likeness (QED) is 0.0938. The van der Waals surface area contributed by atoms with Crippen LogP contribution in [0.1, 0.15) is 49.4 Å². The molecule has 0 unspecified atom stereocenters. The normalized spacial score (nSPS) is 14.9. The van der Waals surface area contributed by atoms with Crippen molar-refractivity contribution >= 4 is 36.5 Å². The van der Waals surface area contributed by atoms with Crippen molar-refractivity contribution in [1.29, 1.82) is 0 Å². The topological polar surface area (TPSA) is 55.6 Å². The maximum absolute atomic E-state index is 11.6. The van der Waals surface area contributed by atoms with Crippen LogP contribution in [0.3, 0.4) is 0 Å². The molecule has 4 aromatic carbocycles. The molecule has 0 aromatic heterocycles. The van der Waals surface area contributed by atoms with Gasteiger partial charge in [0.2, 0.25) is 0 Å². The number of benzene rings is 4. The van der Waals surface area contributed by atoms with Crippen LogP contribution in [0.5, 0.6) is 5.75 Å². The molecule has 0 saturated heterocycles. The number of nitrogens with zero attached hydrogens (tertiary/aromatic N) is 2. The molecule has 0 atom stereocenters. The Morgan fingerprint density at radius 3 is 2.08 bits per heavy atom. The van der Waals surface area contributed by atoms with Gasteiger partial charge in [-0.05, 0) is 0 Å². The van der Waals surface area contributed by atoms with E-state index >= 15 is 0 Å². The van der Waals surface area contributed by atoms with Gasteiger partial charge in [-0.15, -0.1) is 0 Å². The third-order valence-electron chi connectivity index (χ3n) is 7.22. The number of hydrogen-bond acceptors (Lipinski definition) is 4. The number of nitro groups is 1. The van der Waals surface area contributed by atoms with Gasteiger partial charge in [0.1, 0.15) is 0 Å². The summed E-state index contributed by atoms with van der Waals surface area (Å²) in [4.78, 5) is 11.3. The van der Waals surface area contributed by atoms with Gasteiger partial charge < -0.3 is 0 Å². The number of allylic oxidation sites excluding steroid dienone is 1. The molecule has 0 saturated carbocycles. The molecule has 5 rings (SSSR count). The zero-order valence-electron chi connectivity index (χ0n) is 22.5. The Labute approximate surface area is 236 Å². The van der Waals surface area contributed by atoms with Crippen LogP contribution in [0.4, 0.5) is 5.69 Å². The first kappa shape index (κ1) is 26.9. The van der Waals surface area contributed by atoms with Crippen molar-refractivity contribution in [2.75, 3.05) is 13.2 Å². The van der Waals surface area contributed by atoms with Gasteiger partial charge in [-0.25, -0.2) is 0 Å². The third kappa shape index (κ3) is 5.55. The minimum absolute atomic E-state index is 0.126. The Balaban J connectivity index is 1.33. The Kier molecular flexibility index (Phi) is 7.99. The van der Waals surface area contributed by atoms with E-state index in [0.717, 1.165) is 27.8 Å². The van der Waals surface area contributed by atoms with Crippen molar-refractivity contribution < 1.29 is 9.66 Å². The van der Waals surface area contributed by atoms with Gasteiger partial charge >= 0.3 is 213 Å². The SMILES string of the molecule is CC/C(=C(\c1ccccc1)c1ccc(OCCN2[Se]c3c([N+](=O)[O-])cccc3C2(C)C)cc1)c1ccccc1. The van der Waals surface area contributed by atoms with Crippen molar-refractivity contribution in [1.82, 2.24) is 3.92 Å². The Morgan fingerprint density at radius 2 is 1.46 bits per heavy atom. The minimum Gasteiger partial charge on any atom is -0.0622 e. The predicted molar refractivity (Wildman–Crippen MR) is 159 cm³/mol. The van der Waals surface area contributed by atoms with E-state index in [4.69, 9.17) is 4.74 Å². The van der Waals surface area contributed by atoms with Crippen LogP contribution in [0, 0.1) is 10.1 Å². The number of nitro benzene ring substituents is 1. The van der Waals surface area contributed by atoms with Gasteiger partial charge in [-0.2, -0.15) is 0 Å². The Bertz CT molecular complexity index is 1480. The summed E-state index contributed by atoms with van der Waals surface area (Å²) in [6.45, 7) is 7.68. The first-order valence-corrected chi connectivity index (χ1v) is 14.8. The molecule has 39 heavy (non-hydrogen) atoms. The van der Waals surface area contributed by atoms with Crippen LogP contribution in [0.15, 0.2) is 103 Å². The second kappa shape index (κ2) is 11.6. The fraction of sp³-hybridized carbons (Fsp3) is 0.212. The Morgan fingerprint density at radius 1 is 0.846 bits per heavy atom. The van der Waals surface area contributed by atoms with E-state index in [1.165, 1.54) is 22.3 Å². The van der Waals surface area contributed by atoms with Crippen molar-refractivity contribution in [2.24, 2.45) is 0 Å². The summed E-state index contributed by atoms with van der Waals surface area (Å²) in [5.74, 6) is 0.817. The standard InChI is InChI=1S/C33H32N2O3Se/c1-4-28(24-12-7-5-8-13-24)31(25-14-9-6-10-15-25)26-18-20-27(21-19-26)38-23-22-34-33(2,3)29-16-11-17-30(35(36)37)32(29)39-34/h5-21H,4,22-23H2,1-3H3/b31-28-. The minimum atomic E-state index is -0.266. The monoisotopic (exact) mass is 584 g/mol. The summed E-state index contributed by atoms with van der Waals surface area (Å²) >= 11 is -0.126. The molecular formula is C33H32N2O3Se. The van der Waals surface area contributed by atoms with Gasteiger partial charge in [0, 0.05) is 0 Å². The third-order valence-corrected chi connectivity index (χ3v) is 10.3. The summed E-state index contributed by atoms with van der Waals surface area (Å²) < 4.78 is 9.35. The molecule has 0 bridgehead atoms. The number of rotatable bonds is 9. The molecule has 5 nitrogen and oxygen atoms in total. The van der Waals surface area contributed by atoms with Gasteiger partial charge in [0.05, 0.1) is 0 Å². The van der Waals surface area contributed by atoms with Gasteiger partial charge in [0.15, 0.2) is 0 Å². The van der Waals surface area contributed by atoms with Crippen molar-refractivity contribution in [3.05, 3.63) is 135 Å². The summed E-state index contributed by atoms with van der Waals surface area (Å²) in [5, 5.41) is 11.6. The van der Waals surface area contributed by atoms with Gasteiger partial charge in [0.25, 0.3) is 0 Å². The first-order chi connectivity index (χ1) is 18.9. The van der Waals surface area contributed by atoms with Gasteiger partial charge in [-0.1, -0.05) is 24.3 Å². The molecule has 1 aliphatic heterocycles. The van der Waals surface area contributed by atoms with E-state index in [-0.39, 0.29) is 31.3 Å². The van der Waals surface area contributed by atoms with E-state index < -0.39 is 0 Å².